The molecule has 0 amide bonds. The summed E-state index contributed by atoms with van der Waals surface area (Å²) in [6, 6.07) is 23.8. The highest BCUT2D eigenvalue weighted by Crippen LogP contribution is 2.52. The summed E-state index contributed by atoms with van der Waals surface area (Å²) in [7, 11) is 8.63. The van der Waals surface area contributed by atoms with Gasteiger partial charge in [-0.15, -0.1) is 0 Å². The molecule has 48 heavy (non-hydrogen) atoms. The molecule has 1 saturated heterocycles. The van der Waals surface area contributed by atoms with Gasteiger partial charge in [-0.1, -0.05) is 42.5 Å². The second-order valence-corrected chi connectivity index (χ2v) is 12.5. The standard InChI is InChI=1S/C39H39N3O6/c1-41-30-15-26-18-35(45-3)37(47-5)20-29(26)39(41)31-16-25-17-34(44-2)36(46-4)19-28(25)33(42(31)32(30)21-40)22-48-38(43)14-13-24-11-8-10-23-9-6-7-12-27(23)24/h6-14,17-20,30-33,39H,15-16,22H2,1-5H3/b14-13+/t30-,31-,32-,33-,39+/m0/s1. The Morgan fingerprint density at radius 2 is 1.44 bits per heavy atom. The highest BCUT2D eigenvalue weighted by Gasteiger charge is 2.54. The van der Waals surface area contributed by atoms with Gasteiger partial charge in [-0.25, -0.2) is 4.79 Å². The third kappa shape index (κ3) is 5.22. The molecule has 3 aliphatic heterocycles. The van der Waals surface area contributed by atoms with Gasteiger partial charge in [-0.2, -0.15) is 5.26 Å². The molecule has 4 aromatic rings. The van der Waals surface area contributed by atoms with Crippen molar-refractivity contribution in [1.29, 1.82) is 5.26 Å². The lowest BCUT2D eigenvalue weighted by Gasteiger charge is -2.59. The van der Waals surface area contributed by atoms with Gasteiger partial charge in [0.25, 0.3) is 0 Å². The summed E-state index contributed by atoms with van der Waals surface area (Å²) >= 11 is 0. The molecular formula is C39H39N3O6. The van der Waals surface area contributed by atoms with Gasteiger partial charge in [0.2, 0.25) is 0 Å². The number of likely N-dealkylation sites (N-methyl/N-ethyl adjacent to an activating group) is 1. The number of hydrogen-bond donors (Lipinski definition) is 0. The van der Waals surface area contributed by atoms with E-state index in [0.29, 0.717) is 35.8 Å². The fourth-order valence-corrected chi connectivity index (χ4v) is 8.11. The van der Waals surface area contributed by atoms with E-state index < -0.39 is 18.1 Å². The number of benzene rings is 4. The van der Waals surface area contributed by atoms with E-state index in [-0.39, 0.29) is 24.7 Å². The summed E-state index contributed by atoms with van der Waals surface area (Å²) in [5.41, 5.74) is 5.27. The number of piperazine rings is 1. The molecule has 9 heteroatoms. The molecule has 0 aliphatic carbocycles. The average Bonchev–Trinajstić information content (AvgIpc) is 3.11. The van der Waals surface area contributed by atoms with Crippen molar-refractivity contribution in [2.45, 2.75) is 43.1 Å². The Labute approximate surface area is 280 Å². The first-order chi connectivity index (χ1) is 23.4. The van der Waals surface area contributed by atoms with Crippen LogP contribution in [0.1, 0.15) is 39.9 Å². The van der Waals surface area contributed by atoms with Crippen LogP contribution in [0.5, 0.6) is 23.0 Å². The maximum absolute atomic E-state index is 13.3. The quantitative estimate of drug-likeness (QED) is 0.172. The Morgan fingerprint density at radius 1 is 0.833 bits per heavy atom. The predicted molar refractivity (Wildman–Crippen MR) is 183 cm³/mol. The van der Waals surface area contributed by atoms with E-state index in [1.165, 1.54) is 6.08 Å². The molecule has 5 atom stereocenters. The molecular weight excluding hydrogens is 606 g/mol. The number of rotatable bonds is 8. The first kappa shape index (κ1) is 31.6. The van der Waals surface area contributed by atoms with Gasteiger partial charge < -0.3 is 23.7 Å². The number of ether oxygens (including phenoxy) is 5. The maximum atomic E-state index is 13.3. The van der Waals surface area contributed by atoms with Crippen LogP contribution in [0.2, 0.25) is 0 Å². The van der Waals surface area contributed by atoms with Crippen LogP contribution in [0, 0.1) is 11.3 Å². The predicted octanol–water partition coefficient (Wildman–Crippen LogP) is 5.90. The highest BCUT2D eigenvalue weighted by molar-refractivity contribution is 5.94. The number of nitrogens with zero attached hydrogens (tertiary/aromatic N) is 3. The molecule has 9 nitrogen and oxygen atoms in total. The van der Waals surface area contributed by atoms with Gasteiger partial charge in [0.15, 0.2) is 23.0 Å². The van der Waals surface area contributed by atoms with E-state index in [9.17, 15) is 10.1 Å². The van der Waals surface area contributed by atoms with Crippen LogP contribution in [0.4, 0.5) is 0 Å². The van der Waals surface area contributed by atoms with E-state index in [1.807, 2.05) is 54.6 Å². The lowest BCUT2D eigenvalue weighted by Crippen LogP contribution is -2.68. The zero-order valence-electron chi connectivity index (χ0n) is 27.8. The van der Waals surface area contributed by atoms with Crippen molar-refractivity contribution in [1.82, 2.24) is 9.80 Å². The van der Waals surface area contributed by atoms with E-state index in [0.717, 1.165) is 38.6 Å². The maximum Gasteiger partial charge on any atom is 0.330 e. The van der Waals surface area contributed by atoms with Gasteiger partial charge in [-0.05, 0) is 88.8 Å². The summed E-state index contributed by atoms with van der Waals surface area (Å²) in [5, 5.41) is 12.9. The number of nitriles is 1. The number of carbonyl (C=O) groups excluding carboxylic acids is 1. The number of methoxy groups -OCH3 is 4. The van der Waals surface area contributed by atoms with Crippen LogP contribution in [0.15, 0.2) is 72.8 Å². The Balaban J connectivity index is 1.27. The molecule has 7 rings (SSSR count). The molecule has 4 aromatic carbocycles. The van der Waals surface area contributed by atoms with Crippen LogP contribution in [0.3, 0.4) is 0 Å². The molecule has 0 spiro atoms. The van der Waals surface area contributed by atoms with Gasteiger partial charge in [-0.3, -0.25) is 9.80 Å². The third-order valence-electron chi connectivity index (χ3n) is 10.3. The minimum absolute atomic E-state index is 0.0474. The molecule has 246 valence electrons. The van der Waals surface area contributed by atoms with E-state index >= 15 is 0 Å². The van der Waals surface area contributed by atoms with Crippen molar-refractivity contribution in [3.63, 3.8) is 0 Å². The van der Waals surface area contributed by atoms with Crippen LogP contribution >= 0.6 is 0 Å². The molecule has 3 aliphatic rings. The fourth-order valence-electron chi connectivity index (χ4n) is 8.11. The molecule has 1 fully saturated rings. The molecule has 2 bridgehead atoms. The van der Waals surface area contributed by atoms with Gasteiger partial charge in [0.05, 0.1) is 46.6 Å². The SMILES string of the molecule is COc1cc2c(cc1OC)[C@@H]1[C@@H]3Cc4cc(OC)c(OC)cc4[C@H](COC(=O)/C=C/c4cccc5ccccc45)N3[C@@H](C#N)[C@H](C2)N1C. The molecule has 0 saturated carbocycles. The van der Waals surface area contributed by atoms with E-state index in [1.54, 1.807) is 34.5 Å². The molecule has 0 radical (unpaired) electrons. The Kier molecular flexibility index (Phi) is 8.46. The lowest BCUT2D eigenvalue weighted by atomic mass is 9.72. The van der Waals surface area contributed by atoms with Crippen LogP contribution in [0.25, 0.3) is 16.8 Å². The van der Waals surface area contributed by atoms with Gasteiger partial charge in [0.1, 0.15) is 12.6 Å². The van der Waals surface area contributed by atoms with Crippen molar-refractivity contribution in [2.75, 3.05) is 42.1 Å². The second-order valence-electron chi connectivity index (χ2n) is 12.5. The molecule has 0 N–H and O–H groups in total. The lowest BCUT2D eigenvalue weighted by molar-refractivity contribution is -0.143. The molecule has 0 unspecified atom stereocenters. The largest absolute Gasteiger partial charge is 0.493 e. The smallest absolute Gasteiger partial charge is 0.330 e. The first-order valence-corrected chi connectivity index (χ1v) is 16.1. The van der Waals surface area contributed by atoms with Crippen molar-refractivity contribution in [3.8, 4) is 29.1 Å². The van der Waals surface area contributed by atoms with Gasteiger partial charge >= 0.3 is 5.97 Å². The fraction of sp³-hybridized carbons (Fsp3) is 0.333. The van der Waals surface area contributed by atoms with Crippen LogP contribution in [-0.4, -0.2) is 76.0 Å². The van der Waals surface area contributed by atoms with Crippen LogP contribution < -0.4 is 18.9 Å². The van der Waals surface area contributed by atoms with Crippen molar-refractivity contribution < 1.29 is 28.5 Å². The number of carbonyl (C=O) groups is 1. The Morgan fingerprint density at radius 3 is 2.12 bits per heavy atom. The van der Waals surface area contributed by atoms with Gasteiger partial charge in [0, 0.05) is 18.2 Å². The summed E-state index contributed by atoms with van der Waals surface area (Å²) < 4.78 is 28.8. The minimum Gasteiger partial charge on any atom is -0.493 e. The summed E-state index contributed by atoms with van der Waals surface area (Å²) in [5.74, 6) is 2.12. The van der Waals surface area contributed by atoms with E-state index in [4.69, 9.17) is 23.7 Å². The highest BCUT2D eigenvalue weighted by atomic mass is 16.5. The van der Waals surface area contributed by atoms with Crippen molar-refractivity contribution in [2.24, 2.45) is 0 Å². The topological polar surface area (TPSA) is 93.5 Å². The summed E-state index contributed by atoms with van der Waals surface area (Å²) in [6.07, 6.45) is 4.61. The van der Waals surface area contributed by atoms with Crippen molar-refractivity contribution >= 4 is 22.8 Å². The normalized spacial score (nSPS) is 23.0. The number of esters is 1. The summed E-state index contributed by atoms with van der Waals surface area (Å²) in [4.78, 5) is 17.9. The second kappa shape index (κ2) is 12.9. The van der Waals surface area contributed by atoms with E-state index in [2.05, 4.69) is 35.0 Å². The zero-order valence-corrected chi connectivity index (χ0v) is 27.8. The third-order valence-corrected chi connectivity index (χ3v) is 10.3. The minimum atomic E-state index is -0.464. The van der Waals surface area contributed by atoms with Crippen molar-refractivity contribution in [3.05, 3.63) is 101 Å². The number of hydrogen-bond acceptors (Lipinski definition) is 9. The Bertz CT molecular complexity index is 1950. The monoisotopic (exact) mass is 645 g/mol. The summed E-state index contributed by atoms with van der Waals surface area (Å²) in [6.45, 7) is 0.0673. The zero-order chi connectivity index (χ0) is 33.5. The first-order valence-electron chi connectivity index (χ1n) is 16.1. The Hall–Kier alpha value is -5.04. The average molecular weight is 646 g/mol. The number of fused-ring (bicyclic) bond motifs is 8. The molecule has 3 heterocycles. The molecule has 0 aromatic heterocycles. The van der Waals surface area contributed by atoms with Crippen LogP contribution in [-0.2, 0) is 22.4 Å².